The number of halogens is 4. The number of likely N-dealkylation sites (tertiary alicyclic amines) is 2. The Kier molecular flexibility index (Phi) is 9.74. The van der Waals surface area contributed by atoms with Gasteiger partial charge in [0, 0.05) is 31.5 Å². The lowest BCUT2D eigenvalue weighted by molar-refractivity contribution is -0.185. The summed E-state index contributed by atoms with van der Waals surface area (Å²) in [5, 5.41) is 10.5. The molecule has 10 heteroatoms. The fourth-order valence-corrected chi connectivity index (χ4v) is 6.45. The molecule has 0 radical (unpaired) electrons. The second-order valence-electron chi connectivity index (χ2n) is 11.6. The van der Waals surface area contributed by atoms with Crippen LogP contribution in [-0.4, -0.2) is 90.5 Å². The predicted molar refractivity (Wildman–Crippen MR) is 148 cm³/mol. The number of hydrogen-bond acceptors (Lipinski definition) is 5. The van der Waals surface area contributed by atoms with E-state index in [4.69, 9.17) is 0 Å². The van der Waals surface area contributed by atoms with E-state index in [1.165, 1.54) is 24.3 Å². The Morgan fingerprint density at radius 2 is 1.73 bits per heavy atom. The molecule has 1 N–H and O–H groups in total. The van der Waals surface area contributed by atoms with Crippen LogP contribution in [0.2, 0.25) is 0 Å². The van der Waals surface area contributed by atoms with Crippen molar-refractivity contribution in [3.8, 4) is 5.75 Å². The van der Waals surface area contributed by atoms with Crippen LogP contribution in [0.25, 0.3) is 0 Å². The van der Waals surface area contributed by atoms with E-state index >= 15 is 0 Å². The van der Waals surface area contributed by atoms with Gasteiger partial charge in [0.05, 0.1) is 11.5 Å². The average molecular weight is 578 g/mol. The predicted octanol–water partition coefficient (Wildman–Crippen LogP) is 5.25. The third kappa shape index (κ3) is 6.92. The van der Waals surface area contributed by atoms with Crippen LogP contribution in [0.4, 0.5) is 17.6 Å². The van der Waals surface area contributed by atoms with Crippen molar-refractivity contribution in [2.45, 2.75) is 50.7 Å². The maximum Gasteiger partial charge on any atom is 0.408 e. The van der Waals surface area contributed by atoms with Gasteiger partial charge in [0.15, 0.2) is 5.78 Å². The summed E-state index contributed by atoms with van der Waals surface area (Å²) in [7, 11) is 3.94. The zero-order valence-electron chi connectivity index (χ0n) is 23.8. The minimum atomic E-state index is -4.57. The molecule has 3 unspecified atom stereocenters. The van der Waals surface area contributed by atoms with Crippen LogP contribution in [0.3, 0.4) is 0 Å². The van der Waals surface area contributed by atoms with Crippen molar-refractivity contribution in [2.24, 2.45) is 11.8 Å². The fraction of sp³-hybridized carbons (Fsp3) is 0.548. The van der Waals surface area contributed by atoms with E-state index in [0.717, 1.165) is 24.3 Å². The molecular weight excluding hydrogens is 538 g/mol. The van der Waals surface area contributed by atoms with Crippen LogP contribution in [0, 0.1) is 24.6 Å². The molecule has 2 aliphatic heterocycles. The van der Waals surface area contributed by atoms with Gasteiger partial charge in [0.25, 0.3) is 0 Å². The average Bonchev–Trinajstić information content (AvgIpc) is 3.43. The first-order valence-electron chi connectivity index (χ1n) is 14.2. The SMILES string of the molecule is Cc1c(F)cccc1C1C(C(=O)c2ccccc2O)CN(CCCCN(C)C)CC1C(=O)N1CCC[C@H]1C(F)(F)F. The van der Waals surface area contributed by atoms with Crippen molar-refractivity contribution in [3.05, 3.63) is 65.0 Å². The molecule has 0 spiro atoms. The van der Waals surface area contributed by atoms with Gasteiger partial charge in [-0.1, -0.05) is 24.3 Å². The van der Waals surface area contributed by atoms with Gasteiger partial charge in [-0.25, -0.2) is 4.39 Å². The van der Waals surface area contributed by atoms with Gasteiger partial charge in [-0.2, -0.15) is 13.2 Å². The van der Waals surface area contributed by atoms with E-state index in [9.17, 15) is 32.3 Å². The molecule has 6 nitrogen and oxygen atoms in total. The number of para-hydroxylation sites is 1. The van der Waals surface area contributed by atoms with E-state index in [1.807, 2.05) is 19.0 Å². The van der Waals surface area contributed by atoms with Gasteiger partial charge in [-0.05, 0) is 89.1 Å². The van der Waals surface area contributed by atoms with Gasteiger partial charge in [0.1, 0.15) is 17.6 Å². The summed E-state index contributed by atoms with van der Waals surface area (Å²) >= 11 is 0. The first-order chi connectivity index (χ1) is 19.4. The van der Waals surface area contributed by atoms with E-state index < -0.39 is 47.5 Å². The monoisotopic (exact) mass is 577 g/mol. The standard InChI is InChI=1S/C31H39F4N3O3/c1-20-21(11-8-12-25(20)32)28-23(29(40)22-10-4-5-13-26(22)39)18-37(16-7-6-15-36(2)3)19-24(28)30(41)38-17-9-14-27(38)31(33,34)35/h4-5,8,10-13,23-24,27-28,39H,6-7,9,14-19H2,1-3H3/t23?,24?,27-,28?/m0/s1. The lowest BCUT2D eigenvalue weighted by Gasteiger charge is -2.45. The van der Waals surface area contributed by atoms with Gasteiger partial charge in [-0.15, -0.1) is 0 Å². The number of hydrogen-bond donors (Lipinski definition) is 1. The number of unbranched alkanes of at least 4 members (excludes halogenated alkanes) is 1. The Morgan fingerprint density at radius 3 is 2.41 bits per heavy atom. The molecule has 0 aliphatic carbocycles. The molecular formula is C31H39F4N3O3. The smallest absolute Gasteiger partial charge is 0.408 e. The molecule has 2 fully saturated rings. The Bertz CT molecular complexity index is 1240. The Labute approximate surface area is 238 Å². The molecule has 2 saturated heterocycles. The van der Waals surface area contributed by atoms with Crippen LogP contribution in [-0.2, 0) is 4.79 Å². The molecule has 4 rings (SSSR count). The van der Waals surface area contributed by atoms with Crippen molar-refractivity contribution in [2.75, 3.05) is 46.8 Å². The highest BCUT2D eigenvalue weighted by Gasteiger charge is 2.52. The number of alkyl halides is 3. The topological polar surface area (TPSA) is 64.1 Å². The van der Waals surface area contributed by atoms with Crippen molar-refractivity contribution in [1.29, 1.82) is 0 Å². The van der Waals surface area contributed by atoms with Gasteiger partial charge in [-0.3, -0.25) is 9.59 Å². The molecule has 41 heavy (non-hydrogen) atoms. The molecule has 2 aromatic carbocycles. The maximum absolute atomic E-state index is 14.9. The molecule has 2 aromatic rings. The minimum absolute atomic E-state index is 0.0186. The second-order valence-corrected chi connectivity index (χ2v) is 11.6. The summed E-state index contributed by atoms with van der Waals surface area (Å²) in [6.45, 7) is 3.35. The molecule has 4 atom stereocenters. The van der Waals surface area contributed by atoms with Crippen molar-refractivity contribution < 1.29 is 32.3 Å². The van der Waals surface area contributed by atoms with Crippen LogP contribution < -0.4 is 0 Å². The molecule has 0 aromatic heterocycles. The first kappa shape index (κ1) is 31.0. The second kappa shape index (κ2) is 12.9. The van der Waals surface area contributed by atoms with E-state index in [2.05, 4.69) is 4.90 Å². The summed E-state index contributed by atoms with van der Waals surface area (Å²) in [5.41, 5.74) is 0.775. The van der Waals surface area contributed by atoms with Crippen LogP contribution in [0.15, 0.2) is 42.5 Å². The Morgan fingerprint density at radius 1 is 1.02 bits per heavy atom. The molecule has 2 aliphatic rings. The number of nitrogens with zero attached hydrogens (tertiary/aromatic N) is 3. The highest BCUT2D eigenvalue weighted by atomic mass is 19.4. The van der Waals surface area contributed by atoms with Crippen LogP contribution >= 0.6 is 0 Å². The number of benzene rings is 2. The molecule has 2 heterocycles. The third-order valence-corrected chi connectivity index (χ3v) is 8.51. The van der Waals surface area contributed by atoms with E-state index in [-0.39, 0.29) is 49.4 Å². The molecule has 224 valence electrons. The van der Waals surface area contributed by atoms with Gasteiger partial charge in [0.2, 0.25) is 5.91 Å². The number of carbonyl (C=O) groups excluding carboxylic acids is 2. The summed E-state index contributed by atoms with van der Waals surface area (Å²) in [6, 6.07) is 8.68. The summed E-state index contributed by atoms with van der Waals surface area (Å²) in [5.74, 6) is -4.54. The number of amides is 1. The molecule has 0 bridgehead atoms. The highest BCUT2D eigenvalue weighted by Crippen LogP contribution is 2.44. The van der Waals surface area contributed by atoms with Crippen molar-refractivity contribution >= 4 is 11.7 Å². The maximum atomic E-state index is 14.9. The highest BCUT2D eigenvalue weighted by molar-refractivity contribution is 6.01. The zero-order chi connectivity index (χ0) is 29.9. The number of rotatable bonds is 9. The molecule has 1 amide bonds. The third-order valence-electron chi connectivity index (χ3n) is 8.51. The first-order valence-corrected chi connectivity index (χ1v) is 14.2. The zero-order valence-corrected chi connectivity index (χ0v) is 23.8. The summed E-state index contributed by atoms with van der Waals surface area (Å²) < 4.78 is 56.7. The normalized spacial score (nSPS) is 23.8. The van der Waals surface area contributed by atoms with E-state index in [0.29, 0.717) is 12.1 Å². The number of piperidine rings is 1. The lowest BCUT2D eigenvalue weighted by atomic mass is 9.69. The number of phenolic OH excluding ortho intramolecular Hbond substituents is 1. The summed E-state index contributed by atoms with van der Waals surface area (Å²) in [4.78, 5) is 33.2. The quantitative estimate of drug-likeness (QED) is 0.251. The Balaban J connectivity index is 1.78. The van der Waals surface area contributed by atoms with Gasteiger partial charge < -0.3 is 19.8 Å². The number of Topliss-reactive ketones (excluding diaryl/α,β-unsaturated/α-hetero) is 1. The number of ketones is 1. The lowest BCUT2D eigenvalue weighted by Crippen LogP contribution is -2.55. The number of carbonyl (C=O) groups is 2. The number of phenols is 1. The van der Waals surface area contributed by atoms with E-state index in [1.54, 1.807) is 25.1 Å². The summed E-state index contributed by atoms with van der Waals surface area (Å²) in [6.07, 6.45) is -2.85. The van der Waals surface area contributed by atoms with Crippen LogP contribution in [0.5, 0.6) is 5.75 Å². The van der Waals surface area contributed by atoms with Crippen molar-refractivity contribution in [1.82, 2.24) is 14.7 Å². The number of aromatic hydroxyl groups is 1. The minimum Gasteiger partial charge on any atom is -0.507 e. The van der Waals surface area contributed by atoms with Crippen LogP contribution in [0.1, 0.15) is 53.1 Å². The van der Waals surface area contributed by atoms with Crippen molar-refractivity contribution in [3.63, 3.8) is 0 Å². The largest absolute Gasteiger partial charge is 0.507 e. The Hall–Kier alpha value is -2.98. The molecule has 0 saturated carbocycles. The van der Waals surface area contributed by atoms with Gasteiger partial charge >= 0.3 is 6.18 Å². The fourth-order valence-electron chi connectivity index (χ4n) is 6.45.